The lowest BCUT2D eigenvalue weighted by molar-refractivity contribution is -0.128. The van der Waals surface area contributed by atoms with Crippen LogP contribution in [0.15, 0.2) is 42.6 Å². The number of para-hydroxylation sites is 1. The number of fused-ring (bicyclic) bond motifs is 1. The van der Waals surface area contributed by atoms with Crippen LogP contribution in [-0.4, -0.2) is 44.1 Å². The maximum absolute atomic E-state index is 12.3. The maximum Gasteiger partial charge on any atom is 0.327 e. The Hall–Kier alpha value is -2.63. The molecule has 1 unspecified atom stereocenters. The zero-order chi connectivity index (χ0) is 15.1. The van der Waals surface area contributed by atoms with E-state index >= 15 is 0 Å². The second-order valence-electron chi connectivity index (χ2n) is 5.65. The SMILES string of the molecule is O=C1C2CCCN2C(=O)N1Cc1ccn(-c2ccccc2)n1. The van der Waals surface area contributed by atoms with Crippen molar-refractivity contribution in [1.82, 2.24) is 19.6 Å². The summed E-state index contributed by atoms with van der Waals surface area (Å²) in [5, 5.41) is 4.46. The summed E-state index contributed by atoms with van der Waals surface area (Å²) < 4.78 is 1.75. The average Bonchev–Trinajstić information content (AvgIpc) is 3.25. The zero-order valence-electron chi connectivity index (χ0n) is 12.1. The predicted octanol–water partition coefficient (Wildman–Crippen LogP) is 1.80. The first-order valence-corrected chi connectivity index (χ1v) is 7.46. The molecule has 3 heterocycles. The molecule has 2 aliphatic rings. The monoisotopic (exact) mass is 296 g/mol. The van der Waals surface area contributed by atoms with Gasteiger partial charge in [0.1, 0.15) is 6.04 Å². The van der Waals surface area contributed by atoms with Crippen LogP contribution in [0, 0.1) is 0 Å². The van der Waals surface area contributed by atoms with Gasteiger partial charge in [-0.05, 0) is 31.0 Å². The van der Waals surface area contributed by atoms with Gasteiger partial charge in [0.2, 0.25) is 0 Å². The molecule has 6 nitrogen and oxygen atoms in total. The lowest BCUT2D eigenvalue weighted by Crippen LogP contribution is -2.32. The van der Waals surface area contributed by atoms with Crippen LogP contribution in [0.4, 0.5) is 4.79 Å². The number of benzene rings is 1. The van der Waals surface area contributed by atoms with Gasteiger partial charge in [-0.1, -0.05) is 18.2 Å². The van der Waals surface area contributed by atoms with Crippen molar-refractivity contribution in [2.24, 2.45) is 0 Å². The standard InChI is InChI=1S/C16H16N4O2/c21-15-14-7-4-9-18(14)16(22)19(15)11-12-8-10-20(17-12)13-5-2-1-3-6-13/h1-3,5-6,8,10,14H,4,7,9,11H2. The van der Waals surface area contributed by atoms with E-state index in [0.717, 1.165) is 18.5 Å². The summed E-state index contributed by atoms with van der Waals surface area (Å²) in [5.74, 6) is -0.0863. The number of hydrogen-bond acceptors (Lipinski definition) is 3. The second kappa shape index (κ2) is 4.98. The van der Waals surface area contributed by atoms with E-state index in [4.69, 9.17) is 0 Å². The molecule has 0 bridgehead atoms. The zero-order valence-corrected chi connectivity index (χ0v) is 12.1. The molecule has 3 amide bonds. The minimum atomic E-state index is -0.247. The topological polar surface area (TPSA) is 58.4 Å². The molecule has 4 rings (SSSR count). The van der Waals surface area contributed by atoms with Crippen LogP contribution < -0.4 is 0 Å². The van der Waals surface area contributed by atoms with Crippen LogP contribution in [0.3, 0.4) is 0 Å². The average molecular weight is 296 g/mol. The third kappa shape index (κ3) is 1.99. The van der Waals surface area contributed by atoms with E-state index in [2.05, 4.69) is 5.10 Å². The Morgan fingerprint density at radius 3 is 2.73 bits per heavy atom. The number of aromatic nitrogens is 2. The lowest BCUT2D eigenvalue weighted by atomic mass is 10.2. The highest BCUT2D eigenvalue weighted by molar-refractivity contribution is 6.04. The Bertz CT molecular complexity index is 703. The fourth-order valence-corrected chi connectivity index (χ4v) is 3.16. The normalized spacial score (nSPS) is 20.8. The van der Waals surface area contributed by atoms with Gasteiger partial charge in [0.25, 0.3) is 5.91 Å². The number of urea groups is 1. The number of nitrogens with zero attached hydrogens (tertiary/aromatic N) is 4. The van der Waals surface area contributed by atoms with Crippen molar-refractivity contribution < 1.29 is 9.59 Å². The third-order valence-electron chi connectivity index (χ3n) is 4.27. The second-order valence-corrected chi connectivity index (χ2v) is 5.65. The summed E-state index contributed by atoms with van der Waals surface area (Å²) in [4.78, 5) is 27.6. The van der Waals surface area contributed by atoms with Crippen molar-refractivity contribution >= 4 is 11.9 Å². The number of carbonyl (C=O) groups is 2. The Balaban J connectivity index is 1.54. The molecule has 1 aromatic heterocycles. The molecule has 112 valence electrons. The van der Waals surface area contributed by atoms with Gasteiger partial charge in [-0.2, -0.15) is 5.10 Å². The van der Waals surface area contributed by atoms with Crippen LogP contribution in [0.25, 0.3) is 5.69 Å². The number of carbonyl (C=O) groups excluding carboxylic acids is 2. The molecule has 2 aliphatic heterocycles. The van der Waals surface area contributed by atoms with Crippen molar-refractivity contribution in [2.75, 3.05) is 6.54 Å². The van der Waals surface area contributed by atoms with Crippen LogP contribution in [0.5, 0.6) is 0 Å². The molecule has 0 N–H and O–H groups in total. The summed E-state index contributed by atoms with van der Waals surface area (Å²) in [7, 11) is 0. The Morgan fingerprint density at radius 1 is 1.14 bits per heavy atom. The van der Waals surface area contributed by atoms with Gasteiger partial charge in [-0.25, -0.2) is 9.48 Å². The summed E-state index contributed by atoms with van der Waals surface area (Å²) in [5.41, 5.74) is 1.67. The van der Waals surface area contributed by atoms with Crippen molar-refractivity contribution in [1.29, 1.82) is 0 Å². The highest BCUT2D eigenvalue weighted by Crippen LogP contribution is 2.28. The number of amides is 3. The number of imide groups is 1. The smallest absolute Gasteiger partial charge is 0.312 e. The van der Waals surface area contributed by atoms with Crippen molar-refractivity contribution in [3.63, 3.8) is 0 Å². The van der Waals surface area contributed by atoms with Crippen molar-refractivity contribution in [2.45, 2.75) is 25.4 Å². The first-order valence-electron chi connectivity index (χ1n) is 7.46. The van der Waals surface area contributed by atoms with E-state index < -0.39 is 0 Å². The van der Waals surface area contributed by atoms with Gasteiger partial charge in [-0.15, -0.1) is 0 Å². The van der Waals surface area contributed by atoms with Crippen molar-refractivity contribution in [3.8, 4) is 5.69 Å². The first-order chi connectivity index (χ1) is 10.7. The van der Waals surface area contributed by atoms with E-state index in [1.807, 2.05) is 42.6 Å². The molecule has 2 fully saturated rings. The van der Waals surface area contributed by atoms with Crippen LogP contribution in [0.1, 0.15) is 18.5 Å². The van der Waals surface area contributed by atoms with Crippen LogP contribution in [0.2, 0.25) is 0 Å². The summed E-state index contributed by atoms with van der Waals surface area (Å²) in [6, 6.07) is 11.2. The molecule has 0 aliphatic carbocycles. The van der Waals surface area contributed by atoms with Gasteiger partial charge in [0, 0.05) is 12.7 Å². The largest absolute Gasteiger partial charge is 0.327 e. The summed E-state index contributed by atoms with van der Waals surface area (Å²) in [6.07, 6.45) is 3.54. The molecule has 22 heavy (non-hydrogen) atoms. The molecule has 0 spiro atoms. The molecule has 2 aromatic rings. The molecule has 1 aromatic carbocycles. The van der Waals surface area contributed by atoms with E-state index in [-0.39, 0.29) is 24.5 Å². The van der Waals surface area contributed by atoms with E-state index in [9.17, 15) is 9.59 Å². The van der Waals surface area contributed by atoms with Crippen LogP contribution >= 0.6 is 0 Å². The van der Waals surface area contributed by atoms with Gasteiger partial charge in [0.05, 0.1) is 17.9 Å². The molecule has 2 saturated heterocycles. The molecular weight excluding hydrogens is 280 g/mol. The lowest BCUT2D eigenvalue weighted by Gasteiger charge is -2.14. The molecule has 0 saturated carbocycles. The Labute approximate surface area is 127 Å². The molecule has 6 heteroatoms. The number of rotatable bonds is 3. The fourth-order valence-electron chi connectivity index (χ4n) is 3.16. The van der Waals surface area contributed by atoms with E-state index in [0.29, 0.717) is 12.2 Å². The predicted molar refractivity (Wildman–Crippen MR) is 79.2 cm³/mol. The molecular formula is C16H16N4O2. The minimum Gasteiger partial charge on any atom is -0.312 e. The summed E-state index contributed by atoms with van der Waals surface area (Å²) >= 11 is 0. The number of hydrogen-bond donors (Lipinski definition) is 0. The summed E-state index contributed by atoms with van der Waals surface area (Å²) in [6.45, 7) is 0.925. The van der Waals surface area contributed by atoms with E-state index in [1.165, 1.54) is 4.90 Å². The minimum absolute atomic E-state index is 0.0863. The quantitative estimate of drug-likeness (QED) is 0.812. The van der Waals surface area contributed by atoms with Crippen LogP contribution in [-0.2, 0) is 11.3 Å². The Morgan fingerprint density at radius 2 is 1.95 bits per heavy atom. The maximum atomic E-state index is 12.3. The van der Waals surface area contributed by atoms with Gasteiger partial charge >= 0.3 is 6.03 Å². The Kier molecular flexibility index (Phi) is 2.96. The van der Waals surface area contributed by atoms with E-state index in [1.54, 1.807) is 9.58 Å². The fraction of sp³-hybridized carbons (Fsp3) is 0.312. The molecule has 1 atom stereocenters. The molecule has 0 radical (unpaired) electrons. The van der Waals surface area contributed by atoms with Gasteiger partial charge < -0.3 is 4.90 Å². The van der Waals surface area contributed by atoms with Gasteiger partial charge in [0.15, 0.2) is 0 Å². The highest BCUT2D eigenvalue weighted by atomic mass is 16.2. The first kappa shape index (κ1) is 13.1. The third-order valence-corrected chi connectivity index (χ3v) is 4.27. The highest BCUT2D eigenvalue weighted by Gasteiger charge is 2.47. The van der Waals surface area contributed by atoms with Gasteiger partial charge in [-0.3, -0.25) is 9.69 Å². The van der Waals surface area contributed by atoms with Crippen molar-refractivity contribution in [3.05, 3.63) is 48.3 Å².